The molecule has 0 aliphatic carbocycles. The quantitative estimate of drug-likeness (QED) is 0.677. The van der Waals surface area contributed by atoms with Crippen LogP contribution in [-0.2, 0) is 9.53 Å². The lowest BCUT2D eigenvalue weighted by molar-refractivity contribution is -0.133. The fourth-order valence-electron chi connectivity index (χ4n) is 2.54. The predicted molar refractivity (Wildman–Crippen MR) is 55.1 cm³/mol. The molecule has 2 aliphatic rings. The van der Waals surface area contributed by atoms with Crippen molar-refractivity contribution in [2.45, 2.75) is 18.5 Å². The van der Waals surface area contributed by atoms with Gasteiger partial charge in [-0.15, -0.1) is 0 Å². The highest BCUT2D eigenvalue weighted by atomic mass is 16.5. The Balaban J connectivity index is 2.20. The van der Waals surface area contributed by atoms with E-state index in [4.69, 9.17) is 9.84 Å². The number of hydrogen-bond donors (Lipinski definition) is 1. The number of rotatable bonds is 1. The Morgan fingerprint density at radius 1 is 1.38 bits per heavy atom. The molecule has 1 N–H and O–H groups in total. The molecule has 0 unspecified atom stereocenters. The second kappa shape index (κ2) is 3.93. The third kappa shape index (κ3) is 1.63. The van der Waals surface area contributed by atoms with E-state index in [1.54, 1.807) is 14.1 Å². The van der Waals surface area contributed by atoms with Crippen molar-refractivity contribution in [2.75, 3.05) is 27.3 Å². The van der Waals surface area contributed by atoms with E-state index in [1.165, 1.54) is 9.80 Å². The zero-order valence-electron chi connectivity index (χ0n) is 9.42. The van der Waals surface area contributed by atoms with Crippen molar-refractivity contribution in [2.24, 2.45) is 5.92 Å². The van der Waals surface area contributed by atoms with Gasteiger partial charge in [-0.05, 0) is 6.42 Å². The molecule has 16 heavy (non-hydrogen) atoms. The number of carboxylic acid groups (broad SMARTS) is 1. The number of carbonyl (C=O) groups is 2. The SMILES string of the molecule is CN(C)C(=O)[C@@H]1C[C@H]2COC[C@H]2N1C(=O)O. The summed E-state index contributed by atoms with van der Waals surface area (Å²) in [5.41, 5.74) is 0. The molecule has 0 spiro atoms. The molecule has 0 aromatic heterocycles. The first-order valence-electron chi connectivity index (χ1n) is 5.32. The molecule has 2 amide bonds. The van der Waals surface area contributed by atoms with Crippen LogP contribution >= 0.6 is 0 Å². The molecule has 2 rings (SSSR count). The topological polar surface area (TPSA) is 70.1 Å². The summed E-state index contributed by atoms with van der Waals surface area (Å²) in [6, 6.07) is -0.683. The van der Waals surface area contributed by atoms with Gasteiger partial charge in [0.2, 0.25) is 5.91 Å². The van der Waals surface area contributed by atoms with Gasteiger partial charge in [0.05, 0.1) is 19.3 Å². The van der Waals surface area contributed by atoms with E-state index in [0.29, 0.717) is 19.6 Å². The van der Waals surface area contributed by atoms with Gasteiger partial charge in [0.1, 0.15) is 6.04 Å². The fraction of sp³-hybridized carbons (Fsp3) is 0.800. The summed E-state index contributed by atoms with van der Waals surface area (Å²) >= 11 is 0. The summed E-state index contributed by atoms with van der Waals surface area (Å²) in [7, 11) is 3.29. The van der Waals surface area contributed by atoms with Gasteiger partial charge in [0.15, 0.2) is 0 Å². The van der Waals surface area contributed by atoms with Crippen molar-refractivity contribution in [3.8, 4) is 0 Å². The summed E-state index contributed by atoms with van der Waals surface area (Å²) in [6.45, 7) is 0.972. The lowest BCUT2D eigenvalue weighted by Crippen LogP contribution is -2.48. The zero-order valence-corrected chi connectivity index (χ0v) is 9.42. The molecule has 2 aliphatic heterocycles. The van der Waals surface area contributed by atoms with Crippen molar-refractivity contribution in [1.82, 2.24) is 9.80 Å². The van der Waals surface area contributed by atoms with Crippen molar-refractivity contribution >= 4 is 12.0 Å². The number of likely N-dealkylation sites (N-methyl/N-ethyl adjacent to an activating group) is 1. The number of likely N-dealkylation sites (tertiary alicyclic amines) is 1. The highest BCUT2D eigenvalue weighted by Crippen LogP contribution is 2.34. The highest BCUT2D eigenvalue weighted by molar-refractivity contribution is 5.85. The van der Waals surface area contributed by atoms with Crippen LogP contribution in [0.1, 0.15) is 6.42 Å². The Labute approximate surface area is 93.8 Å². The smallest absolute Gasteiger partial charge is 0.408 e. The summed E-state index contributed by atoms with van der Waals surface area (Å²) in [4.78, 5) is 25.8. The van der Waals surface area contributed by atoms with Gasteiger partial charge in [-0.25, -0.2) is 4.79 Å². The van der Waals surface area contributed by atoms with Crippen LogP contribution in [0.4, 0.5) is 4.79 Å². The number of nitrogens with zero attached hydrogens (tertiary/aromatic N) is 2. The molecule has 90 valence electrons. The number of hydrogen-bond acceptors (Lipinski definition) is 3. The van der Waals surface area contributed by atoms with Gasteiger partial charge in [-0.3, -0.25) is 9.69 Å². The summed E-state index contributed by atoms with van der Waals surface area (Å²) in [5.74, 6) is 0.0294. The third-order valence-electron chi connectivity index (χ3n) is 3.33. The minimum atomic E-state index is -1.03. The monoisotopic (exact) mass is 228 g/mol. The average molecular weight is 228 g/mol. The minimum absolute atomic E-state index is 0.142. The predicted octanol–water partition coefficient (Wildman–Crippen LogP) is -0.158. The lowest BCUT2D eigenvalue weighted by atomic mass is 10.0. The number of ether oxygens (including phenoxy) is 1. The molecular formula is C10H16N2O4. The Kier molecular flexibility index (Phi) is 2.75. The van der Waals surface area contributed by atoms with Crippen LogP contribution in [0.2, 0.25) is 0 Å². The normalized spacial score (nSPS) is 32.6. The Hall–Kier alpha value is -1.30. The van der Waals surface area contributed by atoms with Crippen molar-refractivity contribution in [3.05, 3.63) is 0 Å². The summed E-state index contributed by atoms with van der Waals surface area (Å²) in [6.07, 6.45) is -0.452. The molecule has 2 saturated heterocycles. The molecule has 2 heterocycles. The van der Waals surface area contributed by atoms with Crippen molar-refractivity contribution in [1.29, 1.82) is 0 Å². The van der Waals surface area contributed by atoms with E-state index in [-0.39, 0.29) is 17.9 Å². The molecule has 0 bridgehead atoms. The maximum absolute atomic E-state index is 11.9. The number of amides is 2. The molecule has 3 atom stereocenters. The zero-order chi connectivity index (χ0) is 11.9. The van der Waals surface area contributed by atoms with E-state index < -0.39 is 12.1 Å². The van der Waals surface area contributed by atoms with E-state index >= 15 is 0 Å². The first-order valence-corrected chi connectivity index (χ1v) is 5.32. The van der Waals surface area contributed by atoms with Gasteiger partial charge < -0.3 is 14.7 Å². The summed E-state index contributed by atoms with van der Waals surface area (Å²) < 4.78 is 5.25. The first-order chi connectivity index (χ1) is 7.52. The summed E-state index contributed by atoms with van der Waals surface area (Å²) in [5, 5.41) is 9.16. The van der Waals surface area contributed by atoms with Crippen LogP contribution in [0.5, 0.6) is 0 Å². The molecule has 6 heteroatoms. The van der Waals surface area contributed by atoms with Crippen LogP contribution in [-0.4, -0.2) is 66.3 Å². The van der Waals surface area contributed by atoms with Gasteiger partial charge in [0.25, 0.3) is 0 Å². The van der Waals surface area contributed by atoms with Crippen LogP contribution < -0.4 is 0 Å². The van der Waals surface area contributed by atoms with Crippen molar-refractivity contribution < 1.29 is 19.4 Å². The second-order valence-electron chi connectivity index (χ2n) is 4.54. The van der Waals surface area contributed by atoms with Gasteiger partial charge in [-0.2, -0.15) is 0 Å². The Bertz CT molecular complexity index is 318. The van der Waals surface area contributed by atoms with Crippen LogP contribution in [0.3, 0.4) is 0 Å². The Morgan fingerprint density at radius 3 is 2.62 bits per heavy atom. The van der Waals surface area contributed by atoms with E-state index in [9.17, 15) is 9.59 Å². The fourth-order valence-corrected chi connectivity index (χ4v) is 2.54. The maximum atomic E-state index is 11.9. The Morgan fingerprint density at radius 2 is 2.06 bits per heavy atom. The van der Waals surface area contributed by atoms with Crippen molar-refractivity contribution in [3.63, 3.8) is 0 Å². The van der Waals surface area contributed by atoms with E-state index in [2.05, 4.69) is 0 Å². The highest BCUT2D eigenvalue weighted by Gasteiger charge is 2.50. The van der Waals surface area contributed by atoms with E-state index in [1.807, 2.05) is 0 Å². The first kappa shape index (κ1) is 11.2. The molecule has 2 fully saturated rings. The maximum Gasteiger partial charge on any atom is 0.408 e. The molecule has 0 saturated carbocycles. The van der Waals surface area contributed by atoms with Crippen LogP contribution in [0.15, 0.2) is 0 Å². The number of carbonyl (C=O) groups excluding carboxylic acids is 1. The standard InChI is InChI=1S/C10H16N2O4/c1-11(2)9(13)7-3-6-4-16-5-8(6)12(7)10(14)15/h6-8H,3-5H2,1-2H3,(H,14,15)/t6-,7-,8+/m0/s1. The molecule has 0 aromatic rings. The third-order valence-corrected chi connectivity index (χ3v) is 3.33. The lowest BCUT2D eigenvalue weighted by Gasteiger charge is -2.27. The van der Waals surface area contributed by atoms with Crippen LogP contribution in [0, 0.1) is 5.92 Å². The molecule has 6 nitrogen and oxygen atoms in total. The van der Waals surface area contributed by atoms with E-state index in [0.717, 1.165) is 0 Å². The van der Waals surface area contributed by atoms with Crippen LogP contribution in [0.25, 0.3) is 0 Å². The van der Waals surface area contributed by atoms with Gasteiger partial charge in [-0.1, -0.05) is 0 Å². The largest absolute Gasteiger partial charge is 0.465 e. The second-order valence-corrected chi connectivity index (χ2v) is 4.54. The molecular weight excluding hydrogens is 212 g/mol. The molecule has 0 radical (unpaired) electrons. The van der Waals surface area contributed by atoms with Gasteiger partial charge in [0, 0.05) is 20.0 Å². The minimum Gasteiger partial charge on any atom is -0.465 e. The number of fused-ring (bicyclic) bond motifs is 1. The van der Waals surface area contributed by atoms with Gasteiger partial charge >= 0.3 is 6.09 Å². The average Bonchev–Trinajstić information content (AvgIpc) is 2.73. The molecule has 0 aromatic carbocycles.